The number of amides is 2. The Morgan fingerprint density at radius 3 is 2.43 bits per heavy atom. The first kappa shape index (κ1) is 25.9. The summed E-state index contributed by atoms with van der Waals surface area (Å²) in [5.74, 6) is 1.05. The van der Waals surface area contributed by atoms with Gasteiger partial charge in [0.25, 0.3) is 5.56 Å². The molecule has 0 saturated heterocycles. The third-order valence-corrected chi connectivity index (χ3v) is 6.45. The largest absolute Gasteiger partial charge is 0.495 e. The van der Waals surface area contributed by atoms with Gasteiger partial charge in [-0.05, 0) is 42.7 Å². The molecule has 4 rings (SSSR count). The van der Waals surface area contributed by atoms with Crippen LogP contribution < -0.4 is 15.6 Å². The van der Waals surface area contributed by atoms with Gasteiger partial charge in [-0.25, -0.2) is 9.78 Å². The summed E-state index contributed by atoms with van der Waals surface area (Å²) < 4.78 is 7.23. The highest BCUT2D eigenvalue weighted by atomic mass is 16.5. The number of nitrogens with one attached hydrogen (secondary N) is 1. The molecule has 4 aromatic rings. The lowest BCUT2D eigenvalue weighted by molar-refractivity contribution is 0.163. The van der Waals surface area contributed by atoms with Crippen LogP contribution in [0.2, 0.25) is 0 Å². The fourth-order valence-corrected chi connectivity index (χ4v) is 4.54. The minimum atomic E-state index is -0.468. The SMILES string of the molecule is CCCCNC(=O)N(Cc1ccccc1)C(CC)c1nc2ccccc2c(=O)n1-c1ccccc1OC. The highest BCUT2D eigenvalue weighted by Gasteiger charge is 2.30. The maximum atomic E-state index is 13.9. The third kappa shape index (κ3) is 5.66. The molecule has 7 heteroatoms. The minimum Gasteiger partial charge on any atom is -0.495 e. The topological polar surface area (TPSA) is 76.5 Å². The van der Waals surface area contributed by atoms with Crippen molar-refractivity contribution in [3.8, 4) is 11.4 Å². The molecule has 0 aliphatic carbocycles. The molecule has 7 nitrogen and oxygen atoms in total. The van der Waals surface area contributed by atoms with Crippen LogP contribution in [0.25, 0.3) is 16.6 Å². The van der Waals surface area contributed by atoms with Gasteiger partial charge >= 0.3 is 6.03 Å². The maximum absolute atomic E-state index is 13.9. The van der Waals surface area contributed by atoms with E-state index in [9.17, 15) is 9.59 Å². The summed E-state index contributed by atoms with van der Waals surface area (Å²) in [6.45, 7) is 5.07. The number of benzene rings is 3. The summed E-state index contributed by atoms with van der Waals surface area (Å²) in [5.41, 5.74) is 1.99. The monoisotopic (exact) mass is 498 g/mol. The quantitative estimate of drug-likeness (QED) is 0.278. The highest BCUT2D eigenvalue weighted by Crippen LogP contribution is 2.30. The summed E-state index contributed by atoms with van der Waals surface area (Å²) in [5, 5.41) is 3.58. The Morgan fingerprint density at radius 2 is 1.70 bits per heavy atom. The number of ether oxygens (including phenoxy) is 1. The van der Waals surface area contributed by atoms with E-state index in [4.69, 9.17) is 9.72 Å². The summed E-state index contributed by atoms with van der Waals surface area (Å²) in [6.07, 6.45) is 2.44. The van der Waals surface area contributed by atoms with E-state index in [0.29, 0.717) is 47.7 Å². The number of aromatic nitrogens is 2. The van der Waals surface area contributed by atoms with E-state index in [1.54, 1.807) is 22.6 Å². The van der Waals surface area contributed by atoms with Gasteiger partial charge in [0.15, 0.2) is 0 Å². The molecule has 1 unspecified atom stereocenters. The molecule has 0 fully saturated rings. The first-order valence-corrected chi connectivity index (χ1v) is 12.8. The van der Waals surface area contributed by atoms with Gasteiger partial charge < -0.3 is 15.0 Å². The lowest BCUT2D eigenvalue weighted by atomic mass is 10.1. The molecule has 0 aliphatic rings. The summed E-state index contributed by atoms with van der Waals surface area (Å²) in [4.78, 5) is 34.3. The normalized spacial score (nSPS) is 11.8. The van der Waals surface area contributed by atoms with Gasteiger partial charge in [-0.3, -0.25) is 9.36 Å². The second-order valence-corrected chi connectivity index (χ2v) is 8.92. The second kappa shape index (κ2) is 12.2. The van der Waals surface area contributed by atoms with Crippen molar-refractivity contribution in [1.82, 2.24) is 19.8 Å². The summed E-state index contributed by atoms with van der Waals surface area (Å²) in [7, 11) is 1.58. The van der Waals surface area contributed by atoms with Crippen molar-refractivity contribution in [3.63, 3.8) is 0 Å². The number of hydrogen-bond donors (Lipinski definition) is 1. The minimum absolute atomic E-state index is 0.182. The van der Waals surface area contributed by atoms with Crippen molar-refractivity contribution in [2.75, 3.05) is 13.7 Å². The molecule has 0 bridgehead atoms. The number of carbonyl (C=O) groups excluding carboxylic acids is 1. The van der Waals surface area contributed by atoms with Crippen LogP contribution in [-0.2, 0) is 6.54 Å². The van der Waals surface area contributed by atoms with Gasteiger partial charge in [-0.1, -0.05) is 74.9 Å². The van der Waals surface area contributed by atoms with Crippen LogP contribution in [0.4, 0.5) is 4.79 Å². The molecular weight excluding hydrogens is 464 g/mol. The first-order chi connectivity index (χ1) is 18.1. The van der Waals surface area contributed by atoms with E-state index in [0.717, 1.165) is 18.4 Å². The molecule has 0 radical (unpaired) electrons. The van der Waals surface area contributed by atoms with E-state index in [1.807, 2.05) is 79.7 Å². The van der Waals surface area contributed by atoms with Gasteiger partial charge in [0.05, 0.1) is 29.7 Å². The van der Waals surface area contributed by atoms with E-state index in [-0.39, 0.29) is 11.6 Å². The predicted octanol–water partition coefficient (Wildman–Crippen LogP) is 5.86. The molecule has 1 N–H and O–H groups in total. The molecule has 1 aromatic heterocycles. The van der Waals surface area contributed by atoms with Gasteiger partial charge in [-0.2, -0.15) is 0 Å². The molecular formula is C30H34N4O3. The van der Waals surface area contributed by atoms with Gasteiger partial charge in [0.2, 0.25) is 0 Å². The number of fused-ring (bicyclic) bond motifs is 1. The van der Waals surface area contributed by atoms with Crippen LogP contribution in [0.5, 0.6) is 5.75 Å². The smallest absolute Gasteiger partial charge is 0.318 e. The van der Waals surface area contributed by atoms with Crippen LogP contribution in [0.3, 0.4) is 0 Å². The standard InChI is InChI=1S/C30H34N4O3/c1-4-6-20-31-30(36)33(21-22-14-8-7-9-15-22)25(5-2)28-32-24-17-11-10-16-23(24)29(35)34(28)26-18-12-13-19-27(26)37-3/h7-19,25H,4-6,20-21H2,1-3H3,(H,31,36). The Morgan fingerprint density at radius 1 is 1.00 bits per heavy atom. The molecule has 2 amide bonds. The average Bonchev–Trinajstić information content (AvgIpc) is 2.94. The summed E-state index contributed by atoms with van der Waals surface area (Å²) >= 11 is 0. The lowest BCUT2D eigenvalue weighted by Gasteiger charge is -2.32. The number of carbonyl (C=O) groups is 1. The Bertz CT molecular complexity index is 1400. The zero-order chi connectivity index (χ0) is 26.2. The fourth-order valence-electron chi connectivity index (χ4n) is 4.54. The van der Waals surface area contributed by atoms with E-state index >= 15 is 0 Å². The average molecular weight is 499 g/mol. The predicted molar refractivity (Wildman–Crippen MR) is 147 cm³/mol. The van der Waals surface area contributed by atoms with Crippen LogP contribution in [0, 0.1) is 0 Å². The maximum Gasteiger partial charge on any atom is 0.318 e. The zero-order valence-electron chi connectivity index (χ0n) is 21.7. The van der Waals surface area contributed by atoms with Gasteiger partial charge in [-0.15, -0.1) is 0 Å². The number of unbranched alkanes of at least 4 members (excludes halogenated alkanes) is 1. The van der Waals surface area contributed by atoms with Crippen LogP contribution in [0.15, 0.2) is 83.7 Å². The molecule has 1 atom stereocenters. The van der Waals surface area contributed by atoms with Crippen LogP contribution >= 0.6 is 0 Å². The number of hydrogen-bond acceptors (Lipinski definition) is 4. The Hall–Kier alpha value is -4.13. The van der Waals surface area contributed by atoms with E-state index in [2.05, 4.69) is 12.2 Å². The summed E-state index contributed by atoms with van der Waals surface area (Å²) in [6, 6.07) is 23.9. The number of rotatable bonds is 10. The number of urea groups is 1. The molecule has 3 aromatic carbocycles. The Balaban J connectivity index is 1.92. The van der Waals surface area contributed by atoms with Crippen molar-refractivity contribution in [3.05, 3.63) is 101 Å². The Kier molecular flexibility index (Phi) is 8.56. The van der Waals surface area contributed by atoms with Gasteiger partial charge in [0.1, 0.15) is 11.6 Å². The highest BCUT2D eigenvalue weighted by molar-refractivity contribution is 5.78. The third-order valence-electron chi connectivity index (χ3n) is 6.45. The van der Waals surface area contributed by atoms with Crippen LogP contribution in [-0.4, -0.2) is 34.1 Å². The first-order valence-electron chi connectivity index (χ1n) is 12.8. The molecule has 37 heavy (non-hydrogen) atoms. The number of methoxy groups -OCH3 is 1. The number of nitrogens with zero attached hydrogens (tertiary/aromatic N) is 3. The second-order valence-electron chi connectivity index (χ2n) is 8.92. The number of para-hydroxylation sites is 3. The van der Waals surface area contributed by atoms with E-state index in [1.165, 1.54) is 0 Å². The van der Waals surface area contributed by atoms with Crippen molar-refractivity contribution in [2.45, 2.75) is 45.7 Å². The van der Waals surface area contributed by atoms with Crippen molar-refractivity contribution >= 4 is 16.9 Å². The molecule has 0 saturated carbocycles. The van der Waals surface area contributed by atoms with E-state index < -0.39 is 6.04 Å². The van der Waals surface area contributed by atoms with Gasteiger partial charge in [0, 0.05) is 13.1 Å². The molecule has 192 valence electrons. The fraction of sp³-hybridized carbons (Fsp3) is 0.300. The van der Waals surface area contributed by atoms with Crippen molar-refractivity contribution in [1.29, 1.82) is 0 Å². The molecule has 1 heterocycles. The van der Waals surface area contributed by atoms with Crippen molar-refractivity contribution in [2.24, 2.45) is 0 Å². The molecule has 0 aliphatic heterocycles. The lowest BCUT2D eigenvalue weighted by Crippen LogP contribution is -2.44. The van der Waals surface area contributed by atoms with Crippen molar-refractivity contribution < 1.29 is 9.53 Å². The molecule has 0 spiro atoms. The zero-order valence-corrected chi connectivity index (χ0v) is 21.7. The van der Waals surface area contributed by atoms with Crippen LogP contribution in [0.1, 0.15) is 50.5 Å². The Labute approximate surface area is 217 Å².